The fraction of sp³-hybridized carbons (Fsp3) is 0.353. The van der Waals surface area contributed by atoms with Crippen molar-refractivity contribution >= 4 is 11.6 Å². The first-order chi connectivity index (χ1) is 9.95. The van der Waals surface area contributed by atoms with Crippen LogP contribution in [-0.4, -0.2) is 11.0 Å². The van der Waals surface area contributed by atoms with Gasteiger partial charge in [-0.15, -0.1) is 0 Å². The van der Waals surface area contributed by atoms with Crippen molar-refractivity contribution in [2.45, 2.75) is 40.3 Å². The van der Waals surface area contributed by atoms with E-state index in [1.165, 1.54) is 0 Å². The lowest BCUT2D eigenvalue weighted by Gasteiger charge is -2.12. The molecule has 1 aromatic heterocycles. The molecule has 4 heteroatoms. The summed E-state index contributed by atoms with van der Waals surface area (Å²) in [5.74, 6) is 1.41. The van der Waals surface area contributed by atoms with E-state index in [9.17, 15) is 0 Å². The molecule has 1 aromatic carbocycles. The quantitative estimate of drug-likeness (QED) is 0.873. The molecule has 1 N–H and O–H groups in total. The lowest BCUT2D eigenvalue weighted by atomic mass is 10.1. The van der Waals surface area contributed by atoms with Gasteiger partial charge in [-0.2, -0.15) is 0 Å². The average molecular weight is 305 g/mol. The molecule has 2 aromatic rings. The SMILES string of the molecule is Cc1cc(Cl)cc(C)c1Oc1ccc(CNC(C)C)cn1. The number of rotatable bonds is 5. The number of nitrogens with one attached hydrogen (secondary N) is 1. The Balaban J connectivity index is 2.10. The van der Waals surface area contributed by atoms with Crippen molar-refractivity contribution in [3.05, 3.63) is 52.2 Å². The normalized spacial score (nSPS) is 11.0. The van der Waals surface area contributed by atoms with E-state index in [0.29, 0.717) is 11.9 Å². The monoisotopic (exact) mass is 304 g/mol. The topological polar surface area (TPSA) is 34.1 Å². The number of aromatic nitrogens is 1. The van der Waals surface area contributed by atoms with E-state index in [1.807, 2.05) is 44.3 Å². The van der Waals surface area contributed by atoms with Crippen molar-refractivity contribution in [1.29, 1.82) is 0 Å². The largest absolute Gasteiger partial charge is 0.438 e. The molecule has 21 heavy (non-hydrogen) atoms. The number of hydrogen-bond acceptors (Lipinski definition) is 3. The Hall–Kier alpha value is -1.58. The molecule has 0 saturated carbocycles. The molecule has 0 radical (unpaired) electrons. The Morgan fingerprint density at radius 3 is 2.38 bits per heavy atom. The van der Waals surface area contributed by atoms with Crippen molar-refractivity contribution < 1.29 is 4.74 Å². The van der Waals surface area contributed by atoms with Gasteiger partial charge in [-0.05, 0) is 42.7 Å². The van der Waals surface area contributed by atoms with E-state index in [-0.39, 0.29) is 0 Å². The van der Waals surface area contributed by atoms with E-state index in [4.69, 9.17) is 16.3 Å². The Morgan fingerprint density at radius 1 is 1.19 bits per heavy atom. The third-order valence-corrected chi connectivity index (χ3v) is 3.36. The minimum atomic E-state index is 0.459. The van der Waals surface area contributed by atoms with Crippen molar-refractivity contribution in [2.75, 3.05) is 0 Å². The molecule has 1 heterocycles. The lowest BCUT2D eigenvalue weighted by molar-refractivity contribution is 0.455. The van der Waals surface area contributed by atoms with E-state index in [2.05, 4.69) is 24.1 Å². The zero-order chi connectivity index (χ0) is 15.4. The first kappa shape index (κ1) is 15.8. The Kier molecular flexibility index (Phi) is 5.21. The predicted octanol–water partition coefficient (Wildman–Crippen LogP) is 4.64. The number of pyridine rings is 1. The maximum atomic E-state index is 6.03. The molecule has 0 atom stereocenters. The molecular weight excluding hydrogens is 284 g/mol. The highest BCUT2D eigenvalue weighted by molar-refractivity contribution is 6.30. The lowest BCUT2D eigenvalue weighted by Crippen LogP contribution is -2.21. The molecule has 112 valence electrons. The van der Waals surface area contributed by atoms with Crippen LogP contribution in [0.2, 0.25) is 5.02 Å². The van der Waals surface area contributed by atoms with Crippen LogP contribution >= 0.6 is 11.6 Å². The van der Waals surface area contributed by atoms with Crippen LogP contribution in [0.1, 0.15) is 30.5 Å². The molecule has 0 aliphatic carbocycles. The second-order valence-corrected chi connectivity index (χ2v) is 5.95. The van der Waals surface area contributed by atoms with Gasteiger partial charge in [0.1, 0.15) is 5.75 Å². The van der Waals surface area contributed by atoms with Crippen LogP contribution in [0, 0.1) is 13.8 Å². The van der Waals surface area contributed by atoms with Gasteiger partial charge in [-0.25, -0.2) is 4.98 Å². The van der Waals surface area contributed by atoms with Gasteiger partial charge >= 0.3 is 0 Å². The summed E-state index contributed by atoms with van der Waals surface area (Å²) in [6, 6.07) is 8.17. The van der Waals surface area contributed by atoms with Crippen LogP contribution in [0.15, 0.2) is 30.5 Å². The minimum absolute atomic E-state index is 0.459. The number of aryl methyl sites for hydroxylation is 2. The molecule has 0 amide bonds. The number of halogens is 1. The van der Waals surface area contributed by atoms with Crippen molar-refractivity contribution in [3.8, 4) is 11.6 Å². The first-order valence-electron chi connectivity index (χ1n) is 7.08. The second-order valence-electron chi connectivity index (χ2n) is 5.51. The van der Waals surface area contributed by atoms with Crippen molar-refractivity contribution in [1.82, 2.24) is 10.3 Å². The summed E-state index contributed by atoms with van der Waals surface area (Å²) in [7, 11) is 0. The summed E-state index contributed by atoms with van der Waals surface area (Å²) in [5.41, 5.74) is 3.15. The third-order valence-electron chi connectivity index (χ3n) is 3.14. The molecule has 0 spiro atoms. The van der Waals surface area contributed by atoms with Crippen LogP contribution in [0.5, 0.6) is 11.6 Å². The van der Waals surface area contributed by atoms with Gasteiger partial charge in [0, 0.05) is 29.9 Å². The van der Waals surface area contributed by atoms with Gasteiger partial charge in [0.2, 0.25) is 5.88 Å². The zero-order valence-corrected chi connectivity index (χ0v) is 13.7. The summed E-state index contributed by atoms with van der Waals surface area (Å²) in [5, 5.41) is 4.08. The molecule has 0 aliphatic heterocycles. The highest BCUT2D eigenvalue weighted by Crippen LogP contribution is 2.30. The molecule has 3 nitrogen and oxygen atoms in total. The van der Waals surface area contributed by atoms with Gasteiger partial charge in [0.25, 0.3) is 0 Å². The van der Waals surface area contributed by atoms with E-state index in [1.54, 1.807) is 0 Å². The van der Waals surface area contributed by atoms with Gasteiger partial charge in [0.05, 0.1) is 0 Å². The molecule has 0 aliphatic rings. The zero-order valence-electron chi connectivity index (χ0n) is 12.9. The van der Waals surface area contributed by atoms with Crippen LogP contribution < -0.4 is 10.1 Å². The Bertz CT molecular complexity index is 586. The van der Waals surface area contributed by atoms with E-state index >= 15 is 0 Å². The van der Waals surface area contributed by atoms with Crippen LogP contribution in [0.3, 0.4) is 0 Å². The number of hydrogen-bond donors (Lipinski definition) is 1. The molecule has 0 unspecified atom stereocenters. The van der Waals surface area contributed by atoms with Gasteiger partial charge in [-0.3, -0.25) is 0 Å². The van der Waals surface area contributed by atoms with E-state index < -0.39 is 0 Å². The molecule has 0 bridgehead atoms. The highest BCUT2D eigenvalue weighted by Gasteiger charge is 2.08. The standard InChI is InChI=1S/C17H21ClN2O/c1-11(2)19-9-14-5-6-16(20-10-14)21-17-12(3)7-15(18)8-13(17)4/h5-8,10-11,19H,9H2,1-4H3. The first-order valence-corrected chi connectivity index (χ1v) is 7.46. The Morgan fingerprint density at radius 2 is 1.86 bits per heavy atom. The minimum Gasteiger partial charge on any atom is -0.438 e. The van der Waals surface area contributed by atoms with Crippen LogP contribution in [0.25, 0.3) is 0 Å². The van der Waals surface area contributed by atoms with Crippen molar-refractivity contribution in [2.24, 2.45) is 0 Å². The molecule has 2 rings (SSSR count). The smallest absolute Gasteiger partial charge is 0.219 e. The maximum absolute atomic E-state index is 6.03. The molecule has 0 fully saturated rings. The van der Waals surface area contributed by atoms with Gasteiger partial charge < -0.3 is 10.1 Å². The highest BCUT2D eigenvalue weighted by atomic mass is 35.5. The summed E-state index contributed by atoms with van der Waals surface area (Å²) in [6.07, 6.45) is 1.84. The van der Waals surface area contributed by atoms with Crippen LogP contribution in [0.4, 0.5) is 0 Å². The fourth-order valence-electron chi connectivity index (χ4n) is 2.06. The maximum Gasteiger partial charge on any atom is 0.219 e. The van der Waals surface area contributed by atoms with E-state index in [0.717, 1.165) is 34.0 Å². The fourth-order valence-corrected chi connectivity index (χ4v) is 2.39. The summed E-state index contributed by atoms with van der Waals surface area (Å²) < 4.78 is 5.89. The number of nitrogens with zero attached hydrogens (tertiary/aromatic N) is 1. The third kappa shape index (κ3) is 4.45. The number of benzene rings is 1. The average Bonchev–Trinajstić information content (AvgIpc) is 2.41. The van der Waals surface area contributed by atoms with Crippen LogP contribution in [-0.2, 0) is 6.54 Å². The summed E-state index contributed by atoms with van der Waals surface area (Å²) >= 11 is 6.03. The Labute approximate surface area is 131 Å². The van der Waals surface area contributed by atoms with Gasteiger partial charge in [-0.1, -0.05) is 31.5 Å². The summed E-state index contributed by atoms with van der Waals surface area (Å²) in [4.78, 5) is 4.36. The number of ether oxygens (including phenoxy) is 1. The molecule has 0 saturated heterocycles. The second kappa shape index (κ2) is 6.92. The molecular formula is C17H21ClN2O. The predicted molar refractivity (Wildman–Crippen MR) is 87.2 cm³/mol. The summed E-state index contributed by atoms with van der Waals surface area (Å²) in [6.45, 7) is 9.02. The van der Waals surface area contributed by atoms with Gasteiger partial charge in [0.15, 0.2) is 0 Å². The van der Waals surface area contributed by atoms with Crippen molar-refractivity contribution in [3.63, 3.8) is 0 Å².